The molecule has 1 N–H and O–H groups in total. The third-order valence-corrected chi connectivity index (χ3v) is 4.87. The van der Waals surface area contributed by atoms with Crippen molar-refractivity contribution in [2.75, 3.05) is 13.1 Å². The highest BCUT2D eigenvalue weighted by molar-refractivity contribution is 5.75. The number of urea groups is 1. The van der Waals surface area contributed by atoms with Crippen molar-refractivity contribution in [1.29, 1.82) is 0 Å². The lowest BCUT2D eigenvalue weighted by Crippen LogP contribution is -2.42. The zero-order valence-corrected chi connectivity index (χ0v) is 13.5. The van der Waals surface area contributed by atoms with Crippen LogP contribution in [0.1, 0.15) is 43.8 Å². The molecule has 1 saturated heterocycles. The molecule has 7 nitrogen and oxygen atoms in total. The standard InChI is InChI=1S/C17H21N5O2/c23-17(19-14-5-1-2-6-14)22-9-7-13(11-22)15-20-16(24-21-15)12-4-3-8-18-10-12/h3-4,8,10,13-14H,1-2,5-7,9,11H2,(H,19,23). The lowest BCUT2D eigenvalue weighted by Gasteiger charge is -2.20. The zero-order chi connectivity index (χ0) is 16.4. The summed E-state index contributed by atoms with van der Waals surface area (Å²) in [6.45, 7) is 1.38. The van der Waals surface area contributed by atoms with Crippen LogP contribution in [0.15, 0.2) is 29.0 Å². The Balaban J connectivity index is 1.38. The highest BCUT2D eigenvalue weighted by Crippen LogP contribution is 2.27. The van der Waals surface area contributed by atoms with Crippen molar-refractivity contribution in [2.24, 2.45) is 0 Å². The van der Waals surface area contributed by atoms with Gasteiger partial charge in [0.2, 0.25) is 0 Å². The van der Waals surface area contributed by atoms with Gasteiger partial charge in [-0.1, -0.05) is 18.0 Å². The predicted octanol–water partition coefficient (Wildman–Crippen LogP) is 2.57. The molecule has 1 atom stereocenters. The van der Waals surface area contributed by atoms with Crippen LogP contribution in [0.25, 0.3) is 11.5 Å². The molecule has 1 unspecified atom stereocenters. The van der Waals surface area contributed by atoms with Gasteiger partial charge in [-0.3, -0.25) is 4.98 Å². The van der Waals surface area contributed by atoms with E-state index < -0.39 is 0 Å². The number of amides is 2. The molecule has 3 heterocycles. The summed E-state index contributed by atoms with van der Waals surface area (Å²) in [4.78, 5) is 22.8. The first-order chi connectivity index (χ1) is 11.8. The van der Waals surface area contributed by atoms with Crippen LogP contribution >= 0.6 is 0 Å². The van der Waals surface area contributed by atoms with E-state index in [1.807, 2.05) is 17.0 Å². The van der Waals surface area contributed by atoms with Crippen LogP contribution in [-0.2, 0) is 0 Å². The SMILES string of the molecule is O=C(NC1CCCC1)N1CCC(c2noc(-c3cccnc3)n2)C1. The first kappa shape index (κ1) is 15.1. The second-order valence-electron chi connectivity index (χ2n) is 6.56. The van der Waals surface area contributed by atoms with E-state index in [1.165, 1.54) is 12.8 Å². The Kier molecular flexibility index (Phi) is 4.15. The van der Waals surface area contributed by atoms with Crippen molar-refractivity contribution in [3.63, 3.8) is 0 Å². The van der Waals surface area contributed by atoms with Crippen molar-refractivity contribution < 1.29 is 9.32 Å². The zero-order valence-electron chi connectivity index (χ0n) is 13.5. The molecule has 1 aliphatic heterocycles. The minimum absolute atomic E-state index is 0.0420. The number of nitrogens with zero attached hydrogens (tertiary/aromatic N) is 4. The fraction of sp³-hybridized carbons (Fsp3) is 0.529. The van der Waals surface area contributed by atoms with Crippen molar-refractivity contribution in [3.8, 4) is 11.5 Å². The second-order valence-corrected chi connectivity index (χ2v) is 6.56. The molecule has 24 heavy (non-hydrogen) atoms. The molecule has 2 amide bonds. The average molecular weight is 327 g/mol. The van der Waals surface area contributed by atoms with Gasteiger partial charge in [0.15, 0.2) is 5.82 Å². The number of pyridine rings is 1. The van der Waals surface area contributed by atoms with Crippen molar-refractivity contribution in [2.45, 2.75) is 44.1 Å². The largest absolute Gasteiger partial charge is 0.335 e. The fourth-order valence-corrected chi connectivity index (χ4v) is 3.50. The number of likely N-dealkylation sites (tertiary alicyclic amines) is 1. The molecule has 4 rings (SSSR count). The Hall–Kier alpha value is -2.44. The Labute approximate surface area is 140 Å². The molecular formula is C17H21N5O2. The molecule has 0 radical (unpaired) electrons. The number of carbonyl (C=O) groups is 1. The van der Waals surface area contributed by atoms with Gasteiger partial charge < -0.3 is 14.7 Å². The number of carbonyl (C=O) groups excluding carboxylic acids is 1. The molecule has 0 spiro atoms. The summed E-state index contributed by atoms with van der Waals surface area (Å²) >= 11 is 0. The summed E-state index contributed by atoms with van der Waals surface area (Å²) < 4.78 is 5.35. The van der Waals surface area contributed by atoms with E-state index in [-0.39, 0.29) is 11.9 Å². The van der Waals surface area contributed by atoms with Gasteiger partial charge in [-0.15, -0.1) is 0 Å². The van der Waals surface area contributed by atoms with Crippen LogP contribution in [-0.4, -0.2) is 45.2 Å². The third kappa shape index (κ3) is 3.11. The summed E-state index contributed by atoms with van der Waals surface area (Å²) in [6, 6.07) is 4.11. The molecular weight excluding hydrogens is 306 g/mol. The van der Waals surface area contributed by atoms with Crippen molar-refractivity contribution in [3.05, 3.63) is 30.4 Å². The summed E-state index contributed by atoms with van der Waals surface area (Å²) in [7, 11) is 0. The Morgan fingerprint density at radius 1 is 1.29 bits per heavy atom. The lowest BCUT2D eigenvalue weighted by molar-refractivity contribution is 0.204. The first-order valence-corrected chi connectivity index (χ1v) is 8.59. The lowest BCUT2D eigenvalue weighted by atomic mass is 10.1. The van der Waals surface area contributed by atoms with E-state index in [1.54, 1.807) is 12.4 Å². The van der Waals surface area contributed by atoms with Gasteiger partial charge in [-0.2, -0.15) is 4.98 Å². The van der Waals surface area contributed by atoms with Gasteiger partial charge >= 0.3 is 6.03 Å². The Morgan fingerprint density at radius 2 is 2.17 bits per heavy atom. The van der Waals surface area contributed by atoms with E-state index in [4.69, 9.17) is 4.52 Å². The highest BCUT2D eigenvalue weighted by Gasteiger charge is 2.31. The van der Waals surface area contributed by atoms with E-state index in [9.17, 15) is 4.79 Å². The Morgan fingerprint density at radius 3 is 2.96 bits per heavy atom. The van der Waals surface area contributed by atoms with Crippen LogP contribution in [0.2, 0.25) is 0 Å². The van der Waals surface area contributed by atoms with Crippen LogP contribution in [0.3, 0.4) is 0 Å². The number of nitrogens with one attached hydrogen (secondary N) is 1. The van der Waals surface area contributed by atoms with E-state index >= 15 is 0 Å². The number of aromatic nitrogens is 3. The number of hydrogen-bond acceptors (Lipinski definition) is 5. The van der Waals surface area contributed by atoms with Gasteiger partial charge in [0.25, 0.3) is 5.89 Å². The van der Waals surface area contributed by atoms with Gasteiger partial charge in [-0.05, 0) is 31.4 Å². The van der Waals surface area contributed by atoms with Crippen LogP contribution < -0.4 is 5.32 Å². The average Bonchev–Trinajstić information content (AvgIpc) is 3.36. The molecule has 2 fully saturated rings. The van der Waals surface area contributed by atoms with Crippen LogP contribution in [0, 0.1) is 0 Å². The van der Waals surface area contributed by atoms with Crippen molar-refractivity contribution in [1.82, 2.24) is 25.3 Å². The molecule has 2 aromatic rings. The minimum Gasteiger partial charge on any atom is -0.335 e. The van der Waals surface area contributed by atoms with Crippen LogP contribution in [0.4, 0.5) is 4.79 Å². The smallest absolute Gasteiger partial charge is 0.317 e. The highest BCUT2D eigenvalue weighted by atomic mass is 16.5. The summed E-state index contributed by atoms with van der Waals surface area (Å²) in [6.07, 6.45) is 8.90. The molecule has 0 aromatic carbocycles. The van der Waals surface area contributed by atoms with E-state index in [0.29, 0.717) is 24.3 Å². The Bertz CT molecular complexity index is 696. The van der Waals surface area contributed by atoms with E-state index in [0.717, 1.165) is 31.4 Å². The summed E-state index contributed by atoms with van der Waals surface area (Å²) in [5.74, 6) is 1.28. The maximum atomic E-state index is 12.3. The third-order valence-electron chi connectivity index (χ3n) is 4.87. The first-order valence-electron chi connectivity index (χ1n) is 8.59. The normalized spacial score (nSPS) is 21.3. The molecule has 2 aliphatic rings. The molecule has 1 aliphatic carbocycles. The van der Waals surface area contributed by atoms with Gasteiger partial charge in [0, 0.05) is 37.4 Å². The van der Waals surface area contributed by atoms with Crippen molar-refractivity contribution >= 4 is 6.03 Å². The topological polar surface area (TPSA) is 84.2 Å². The monoisotopic (exact) mass is 327 g/mol. The number of hydrogen-bond donors (Lipinski definition) is 1. The second kappa shape index (κ2) is 6.59. The fourth-order valence-electron chi connectivity index (χ4n) is 3.50. The van der Waals surface area contributed by atoms with E-state index in [2.05, 4.69) is 20.4 Å². The van der Waals surface area contributed by atoms with Gasteiger partial charge in [-0.25, -0.2) is 4.79 Å². The molecule has 126 valence electrons. The maximum absolute atomic E-state index is 12.3. The minimum atomic E-state index is 0.0420. The predicted molar refractivity (Wildman–Crippen MR) is 87.2 cm³/mol. The number of rotatable bonds is 3. The van der Waals surface area contributed by atoms with Gasteiger partial charge in [0.1, 0.15) is 0 Å². The summed E-state index contributed by atoms with van der Waals surface area (Å²) in [5.41, 5.74) is 0.810. The van der Waals surface area contributed by atoms with Crippen LogP contribution in [0.5, 0.6) is 0 Å². The quantitative estimate of drug-likeness (QED) is 0.936. The molecule has 7 heteroatoms. The van der Waals surface area contributed by atoms with Gasteiger partial charge in [0.05, 0.1) is 5.56 Å². The molecule has 2 aromatic heterocycles. The molecule has 0 bridgehead atoms. The summed E-state index contributed by atoms with van der Waals surface area (Å²) in [5, 5.41) is 7.24. The molecule has 1 saturated carbocycles. The maximum Gasteiger partial charge on any atom is 0.317 e.